The summed E-state index contributed by atoms with van der Waals surface area (Å²) < 4.78 is 32.5. The fraction of sp³-hybridized carbons (Fsp3) is 0.0714. The molecule has 0 atom stereocenters. The Morgan fingerprint density at radius 1 is 1.25 bits per heavy atom. The normalized spacial score (nSPS) is 10.3. The molecule has 0 aliphatic heterocycles. The second-order valence-corrected chi connectivity index (χ2v) is 4.79. The van der Waals surface area contributed by atoms with E-state index in [9.17, 15) is 13.6 Å². The molecular formula is C14H9BrF2O3. The summed E-state index contributed by atoms with van der Waals surface area (Å²) in [6.07, 6.45) is 0. The van der Waals surface area contributed by atoms with Crippen LogP contribution in [0.1, 0.15) is 15.9 Å². The van der Waals surface area contributed by atoms with Gasteiger partial charge in [0.2, 0.25) is 0 Å². The molecule has 2 aromatic carbocycles. The summed E-state index contributed by atoms with van der Waals surface area (Å²) >= 11 is 2.81. The molecule has 1 N–H and O–H groups in total. The van der Waals surface area contributed by atoms with Crippen molar-refractivity contribution in [1.82, 2.24) is 0 Å². The van der Waals surface area contributed by atoms with Crippen LogP contribution in [0, 0.1) is 11.6 Å². The van der Waals surface area contributed by atoms with E-state index in [0.717, 1.165) is 6.07 Å². The molecular weight excluding hydrogens is 334 g/mol. The summed E-state index contributed by atoms with van der Waals surface area (Å²) in [7, 11) is 0. The molecule has 0 radical (unpaired) electrons. The number of ether oxygens (including phenoxy) is 1. The molecule has 0 aliphatic carbocycles. The van der Waals surface area contributed by atoms with Crippen molar-refractivity contribution >= 4 is 21.9 Å². The average Bonchev–Trinajstić information content (AvgIpc) is 2.38. The zero-order chi connectivity index (χ0) is 14.7. The monoisotopic (exact) mass is 342 g/mol. The van der Waals surface area contributed by atoms with Crippen LogP contribution in [0.2, 0.25) is 0 Å². The number of carboxylic acid groups (broad SMARTS) is 1. The first kappa shape index (κ1) is 14.5. The maximum absolute atomic E-state index is 14.0. The Morgan fingerprint density at radius 2 is 1.90 bits per heavy atom. The molecule has 0 heterocycles. The van der Waals surface area contributed by atoms with Crippen LogP contribution in [-0.4, -0.2) is 11.1 Å². The highest BCUT2D eigenvalue weighted by atomic mass is 79.9. The Hall–Kier alpha value is -1.95. The summed E-state index contributed by atoms with van der Waals surface area (Å²) in [6, 6.07) is 9.64. The zero-order valence-electron chi connectivity index (χ0n) is 10.1. The number of rotatable bonds is 4. The Balaban J connectivity index is 2.32. The Kier molecular flexibility index (Phi) is 4.34. The highest BCUT2D eigenvalue weighted by molar-refractivity contribution is 9.10. The number of halogens is 3. The van der Waals surface area contributed by atoms with Crippen molar-refractivity contribution in [3.8, 4) is 5.75 Å². The van der Waals surface area contributed by atoms with Crippen LogP contribution in [0.15, 0.2) is 40.9 Å². The molecule has 0 unspecified atom stereocenters. The molecule has 104 valence electrons. The maximum Gasteiger partial charge on any atom is 0.340 e. The highest BCUT2D eigenvalue weighted by Crippen LogP contribution is 2.31. The number of hydrogen-bond acceptors (Lipinski definition) is 2. The van der Waals surface area contributed by atoms with Crippen LogP contribution in [-0.2, 0) is 6.61 Å². The fourth-order valence-corrected chi connectivity index (χ4v) is 2.17. The second-order valence-electron chi connectivity index (χ2n) is 3.94. The molecule has 0 bridgehead atoms. The highest BCUT2D eigenvalue weighted by Gasteiger charge is 2.23. The van der Waals surface area contributed by atoms with Gasteiger partial charge < -0.3 is 9.84 Å². The van der Waals surface area contributed by atoms with Gasteiger partial charge in [-0.05, 0) is 27.6 Å². The van der Waals surface area contributed by atoms with Crippen molar-refractivity contribution in [1.29, 1.82) is 0 Å². The lowest BCUT2D eigenvalue weighted by molar-refractivity contribution is 0.0689. The molecule has 0 saturated carbocycles. The van der Waals surface area contributed by atoms with Crippen LogP contribution < -0.4 is 4.74 Å². The topological polar surface area (TPSA) is 46.5 Å². The first-order chi connectivity index (χ1) is 9.50. The van der Waals surface area contributed by atoms with E-state index in [2.05, 4.69) is 15.9 Å². The summed E-state index contributed by atoms with van der Waals surface area (Å²) in [5, 5.41) is 8.90. The fourth-order valence-electron chi connectivity index (χ4n) is 1.63. The standard InChI is InChI=1S/C14H9BrF2O3/c15-9-6-10(16)13(12(17)11(9)14(18)19)20-7-8-4-2-1-3-5-8/h1-6H,7H2,(H,18,19). The molecule has 0 aromatic heterocycles. The third-order valence-electron chi connectivity index (χ3n) is 2.57. The molecule has 6 heteroatoms. The molecule has 0 spiro atoms. The lowest BCUT2D eigenvalue weighted by Gasteiger charge is -2.11. The summed E-state index contributed by atoms with van der Waals surface area (Å²) in [5.41, 5.74) is 0.0561. The van der Waals surface area contributed by atoms with Gasteiger partial charge in [0.25, 0.3) is 0 Å². The van der Waals surface area contributed by atoms with E-state index in [1.54, 1.807) is 30.3 Å². The van der Waals surface area contributed by atoms with Gasteiger partial charge in [0.15, 0.2) is 17.4 Å². The first-order valence-electron chi connectivity index (χ1n) is 5.58. The van der Waals surface area contributed by atoms with Gasteiger partial charge in [-0.25, -0.2) is 13.6 Å². The Bertz CT molecular complexity index is 645. The minimum Gasteiger partial charge on any atom is -0.483 e. The van der Waals surface area contributed by atoms with E-state index in [-0.39, 0.29) is 11.1 Å². The van der Waals surface area contributed by atoms with Crippen LogP contribution in [0.3, 0.4) is 0 Å². The van der Waals surface area contributed by atoms with E-state index in [1.807, 2.05) is 0 Å². The van der Waals surface area contributed by atoms with Crippen molar-refractivity contribution in [3.05, 3.63) is 63.6 Å². The molecule has 2 aromatic rings. The molecule has 20 heavy (non-hydrogen) atoms. The number of carbonyl (C=O) groups is 1. The number of aromatic carboxylic acids is 1. The molecule has 3 nitrogen and oxygen atoms in total. The number of benzene rings is 2. The SMILES string of the molecule is O=C(O)c1c(Br)cc(F)c(OCc2ccccc2)c1F. The number of hydrogen-bond donors (Lipinski definition) is 1. The van der Waals surface area contributed by atoms with Crippen molar-refractivity contribution in [3.63, 3.8) is 0 Å². The van der Waals surface area contributed by atoms with Gasteiger partial charge in [-0.3, -0.25) is 0 Å². The lowest BCUT2D eigenvalue weighted by Crippen LogP contribution is -2.07. The molecule has 0 saturated heterocycles. The Labute approximate surface area is 121 Å². The summed E-state index contributed by atoms with van der Waals surface area (Å²) in [6.45, 7) is -0.0601. The lowest BCUT2D eigenvalue weighted by atomic mass is 10.2. The average molecular weight is 343 g/mol. The molecule has 2 rings (SSSR count). The molecule has 0 fully saturated rings. The van der Waals surface area contributed by atoms with Gasteiger partial charge in [0.05, 0.1) is 0 Å². The maximum atomic E-state index is 14.0. The molecule has 0 aliphatic rings. The van der Waals surface area contributed by atoms with Crippen LogP contribution in [0.5, 0.6) is 5.75 Å². The van der Waals surface area contributed by atoms with Gasteiger partial charge >= 0.3 is 5.97 Å². The van der Waals surface area contributed by atoms with Gasteiger partial charge in [0.1, 0.15) is 12.2 Å². The largest absolute Gasteiger partial charge is 0.483 e. The number of carboxylic acids is 1. The minimum absolute atomic E-state index is 0.0601. The van der Waals surface area contributed by atoms with Crippen LogP contribution >= 0.6 is 15.9 Å². The van der Waals surface area contributed by atoms with E-state index < -0.39 is 28.9 Å². The first-order valence-corrected chi connectivity index (χ1v) is 6.37. The second kappa shape index (κ2) is 6.00. The van der Waals surface area contributed by atoms with Crippen LogP contribution in [0.4, 0.5) is 8.78 Å². The predicted octanol–water partition coefficient (Wildman–Crippen LogP) is 4.00. The van der Waals surface area contributed by atoms with E-state index >= 15 is 0 Å². The van der Waals surface area contributed by atoms with Crippen LogP contribution in [0.25, 0.3) is 0 Å². The quantitative estimate of drug-likeness (QED) is 0.913. The van der Waals surface area contributed by atoms with Gasteiger partial charge in [-0.1, -0.05) is 30.3 Å². The summed E-state index contributed by atoms with van der Waals surface area (Å²) in [4.78, 5) is 10.9. The smallest absolute Gasteiger partial charge is 0.340 e. The van der Waals surface area contributed by atoms with Crippen molar-refractivity contribution in [2.45, 2.75) is 6.61 Å². The van der Waals surface area contributed by atoms with Gasteiger partial charge in [-0.2, -0.15) is 0 Å². The van der Waals surface area contributed by atoms with E-state index in [1.165, 1.54) is 0 Å². The third kappa shape index (κ3) is 2.96. The van der Waals surface area contributed by atoms with Gasteiger partial charge in [0, 0.05) is 4.47 Å². The minimum atomic E-state index is -1.50. The van der Waals surface area contributed by atoms with E-state index in [0.29, 0.717) is 5.56 Å². The van der Waals surface area contributed by atoms with E-state index in [4.69, 9.17) is 9.84 Å². The Morgan fingerprint density at radius 3 is 2.50 bits per heavy atom. The zero-order valence-corrected chi connectivity index (χ0v) is 11.7. The van der Waals surface area contributed by atoms with Crippen molar-refractivity contribution < 1.29 is 23.4 Å². The third-order valence-corrected chi connectivity index (χ3v) is 3.19. The summed E-state index contributed by atoms with van der Waals surface area (Å²) in [5.74, 6) is -4.40. The van der Waals surface area contributed by atoms with Crippen molar-refractivity contribution in [2.24, 2.45) is 0 Å². The predicted molar refractivity (Wildman–Crippen MR) is 71.8 cm³/mol. The van der Waals surface area contributed by atoms with Crippen molar-refractivity contribution in [2.75, 3.05) is 0 Å². The van der Waals surface area contributed by atoms with Gasteiger partial charge in [-0.15, -0.1) is 0 Å². The molecule has 0 amide bonds.